The van der Waals surface area contributed by atoms with Gasteiger partial charge in [-0.25, -0.2) is 4.79 Å². The lowest BCUT2D eigenvalue weighted by Gasteiger charge is -2.49. The van der Waals surface area contributed by atoms with Gasteiger partial charge in [-0.1, -0.05) is 121 Å². The summed E-state index contributed by atoms with van der Waals surface area (Å²) < 4.78 is 45.3. The van der Waals surface area contributed by atoms with Crippen molar-refractivity contribution in [3.05, 3.63) is 172 Å². The molecule has 0 aromatic heterocycles. The Labute approximate surface area is 315 Å². The first kappa shape index (κ1) is 36.8. The van der Waals surface area contributed by atoms with Crippen LogP contribution in [0.3, 0.4) is 0 Å². The molecule has 8 nitrogen and oxygen atoms in total. The summed E-state index contributed by atoms with van der Waals surface area (Å²) >= 11 is 6.86. The average molecular weight is 735 g/mol. The molecule has 5 atom stereocenters. The van der Waals surface area contributed by atoms with Gasteiger partial charge in [0.1, 0.15) is 24.1 Å². The third-order valence-electron chi connectivity index (χ3n) is 9.70. The third kappa shape index (κ3) is 7.89. The predicted octanol–water partition coefficient (Wildman–Crippen LogP) is 8.21. The van der Waals surface area contributed by atoms with Crippen LogP contribution in [0.4, 0.5) is 0 Å². The van der Waals surface area contributed by atoms with E-state index in [1.165, 1.54) is 7.11 Å². The molecule has 0 spiro atoms. The van der Waals surface area contributed by atoms with Crippen LogP contribution in [0.5, 0.6) is 5.75 Å². The highest BCUT2D eigenvalue weighted by Gasteiger charge is 2.73. The fourth-order valence-electron chi connectivity index (χ4n) is 7.07. The van der Waals surface area contributed by atoms with Crippen LogP contribution in [0, 0.1) is 0 Å². The van der Waals surface area contributed by atoms with Gasteiger partial charge in [0.25, 0.3) is 0 Å². The van der Waals surface area contributed by atoms with E-state index in [4.69, 9.17) is 44.8 Å². The maximum atomic E-state index is 14.0. The lowest BCUT2D eigenvalue weighted by molar-refractivity contribution is -0.345. The Balaban J connectivity index is 1.32. The van der Waals surface area contributed by atoms with Gasteiger partial charge in [0.2, 0.25) is 11.4 Å². The molecule has 5 aromatic carbocycles. The number of hydrogen-bond acceptors (Lipinski definition) is 8. The van der Waals surface area contributed by atoms with E-state index in [0.717, 1.165) is 33.6 Å². The number of methoxy groups -OCH3 is 1. The van der Waals surface area contributed by atoms with Crippen molar-refractivity contribution >= 4 is 17.6 Å². The van der Waals surface area contributed by atoms with Crippen molar-refractivity contribution in [2.45, 2.75) is 62.9 Å². The van der Waals surface area contributed by atoms with E-state index in [-0.39, 0.29) is 26.4 Å². The standard InChI is InChI=1S/C44H43ClO8/c1-3-48-37-22-19-31(20-23-37)25-35-26-36(21-24-38(35)45)44-41(51-29-34-17-11-6-12-18-34)39(49-27-32-13-7-4-8-14-32)40(50-28-33-15-9-5-10-16-33)43(53-44,30-52-44)42(46)47-2/h4-24,26,39-41H,3,25,27-30H2,1-2H3/t39-,40-,41+,43-,44-/m0/s1. The van der Waals surface area contributed by atoms with Crippen molar-refractivity contribution in [1.82, 2.24) is 0 Å². The van der Waals surface area contributed by atoms with Crippen molar-refractivity contribution < 1.29 is 38.0 Å². The first-order valence-corrected chi connectivity index (χ1v) is 18.2. The lowest BCUT2D eigenvalue weighted by Crippen LogP contribution is -2.69. The number of rotatable bonds is 15. The number of ether oxygens (including phenoxy) is 7. The van der Waals surface area contributed by atoms with E-state index in [1.807, 2.05) is 140 Å². The highest BCUT2D eigenvalue weighted by Crippen LogP contribution is 2.53. The maximum absolute atomic E-state index is 14.0. The Bertz CT molecular complexity index is 1940. The first-order chi connectivity index (χ1) is 25.9. The maximum Gasteiger partial charge on any atom is 0.343 e. The van der Waals surface area contributed by atoms with Gasteiger partial charge in [0, 0.05) is 10.6 Å². The highest BCUT2D eigenvalue weighted by molar-refractivity contribution is 6.31. The summed E-state index contributed by atoms with van der Waals surface area (Å²) in [6, 6.07) is 43.0. The Morgan fingerprint density at radius 3 is 1.85 bits per heavy atom. The van der Waals surface area contributed by atoms with Gasteiger partial charge in [0.05, 0.1) is 40.1 Å². The van der Waals surface area contributed by atoms with Crippen LogP contribution in [-0.4, -0.2) is 50.2 Å². The van der Waals surface area contributed by atoms with Crippen LogP contribution in [0.2, 0.25) is 5.02 Å². The summed E-state index contributed by atoms with van der Waals surface area (Å²) in [6.07, 6.45) is -2.22. The monoisotopic (exact) mass is 734 g/mol. The second kappa shape index (κ2) is 16.6. The van der Waals surface area contributed by atoms with E-state index >= 15 is 0 Å². The molecule has 2 bridgehead atoms. The third-order valence-corrected chi connectivity index (χ3v) is 10.1. The molecule has 2 fully saturated rings. The second-order valence-electron chi connectivity index (χ2n) is 13.2. The molecule has 2 aliphatic rings. The predicted molar refractivity (Wildman–Crippen MR) is 200 cm³/mol. The van der Waals surface area contributed by atoms with Gasteiger partial charge in [-0.15, -0.1) is 0 Å². The Morgan fingerprint density at radius 1 is 0.717 bits per heavy atom. The smallest absolute Gasteiger partial charge is 0.343 e. The van der Waals surface area contributed by atoms with Crippen molar-refractivity contribution in [2.75, 3.05) is 20.3 Å². The van der Waals surface area contributed by atoms with Gasteiger partial charge in [0.15, 0.2) is 0 Å². The number of halogens is 1. The van der Waals surface area contributed by atoms with Gasteiger partial charge in [-0.3, -0.25) is 0 Å². The van der Waals surface area contributed by atoms with Crippen LogP contribution < -0.4 is 4.74 Å². The van der Waals surface area contributed by atoms with Crippen molar-refractivity contribution in [2.24, 2.45) is 0 Å². The molecule has 0 radical (unpaired) electrons. The Kier molecular flexibility index (Phi) is 11.6. The molecule has 5 aromatic rings. The van der Waals surface area contributed by atoms with Crippen molar-refractivity contribution in [3.63, 3.8) is 0 Å². The van der Waals surface area contributed by atoms with E-state index in [0.29, 0.717) is 23.6 Å². The fourth-order valence-corrected chi connectivity index (χ4v) is 7.26. The van der Waals surface area contributed by atoms with E-state index in [1.54, 1.807) is 0 Å². The van der Waals surface area contributed by atoms with Gasteiger partial charge < -0.3 is 33.2 Å². The van der Waals surface area contributed by atoms with Crippen molar-refractivity contribution in [3.8, 4) is 5.75 Å². The zero-order valence-corrected chi connectivity index (χ0v) is 30.6. The van der Waals surface area contributed by atoms with E-state index in [2.05, 4.69) is 0 Å². The summed E-state index contributed by atoms with van der Waals surface area (Å²) in [4.78, 5) is 14.0. The fraction of sp³-hybridized carbons (Fsp3) is 0.295. The quantitative estimate of drug-likeness (QED) is 0.0997. The van der Waals surface area contributed by atoms with Crippen LogP contribution in [0.15, 0.2) is 133 Å². The van der Waals surface area contributed by atoms with Gasteiger partial charge in [-0.05, 0) is 65.4 Å². The van der Waals surface area contributed by atoms with Crippen molar-refractivity contribution in [1.29, 1.82) is 0 Å². The number of carbonyl (C=O) groups is 1. The van der Waals surface area contributed by atoms with Crippen LogP contribution in [-0.2, 0) is 65.2 Å². The normalized spacial score (nSPS) is 23.4. The summed E-state index contributed by atoms with van der Waals surface area (Å²) in [5, 5.41) is 0.578. The SMILES string of the molecule is CCOc1ccc(Cc2cc([C@]34OC[C@](C(=O)OC)(O3)[C@@H](OCc3ccccc3)[C@H](OCc3ccccc3)[C@H]4OCc3ccccc3)ccc2Cl)cc1. The molecule has 2 heterocycles. The molecule has 0 unspecified atom stereocenters. The molecule has 53 heavy (non-hydrogen) atoms. The van der Waals surface area contributed by atoms with Crippen LogP contribution in [0.1, 0.15) is 40.3 Å². The Morgan fingerprint density at radius 2 is 1.28 bits per heavy atom. The van der Waals surface area contributed by atoms with Crippen LogP contribution >= 0.6 is 11.6 Å². The summed E-state index contributed by atoms with van der Waals surface area (Å²) in [5.41, 5.74) is 3.64. The Hall–Kier alpha value is -4.54. The number of hydrogen-bond donors (Lipinski definition) is 0. The summed E-state index contributed by atoms with van der Waals surface area (Å²) in [7, 11) is 1.34. The van der Waals surface area contributed by atoms with Gasteiger partial charge in [-0.2, -0.15) is 0 Å². The number of carbonyl (C=O) groups excluding carboxylic acids is 1. The minimum Gasteiger partial charge on any atom is -0.494 e. The molecule has 2 aliphatic heterocycles. The first-order valence-electron chi connectivity index (χ1n) is 17.8. The molecule has 274 valence electrons. The topological polar surface area (TPSA) is 81.7 Å². The largest absolute Gasteiger partial charge is 0.494 e. The average Bonchev–Trinajstić information content (AvgIpc) is 3.57. The molecule has 0 aliphatic carbocycles. The summed E-state index contributed by atoms with van der Waals surface area (Å²) in [6.45, 7) is 3.01. The zero-order valence-electron chi connectivity index (χ0n) is 29.8. The minimum absolute atomic E-state index is 0.160. The van der Waals surface area contributed by atoms with E-state index < -0.39 is 35.7 Å². The number of esters is 1. The highest BCUT2D eigenvalue weighted by atomic mass is 35.5. The summed E-state index contributed by atoms with van der Waals surface area (Å²) in [5.74, 6) is -1.43. The number of fused-ring (bicyclic) bond motifs is 2. The molecule has 0 amide bonds. The number of benzene rings is 5. The molecule has 0 saturated carbocycles. The zero-order chi connectivity index (χ0) is 36.7. The van der Waals surface area contributed by atoms with Gasteiger partial charge >= 0.3 is 5.97 Å². The van der Waals surface area contributed by atoms with E-state index in [9.17, 15) is 4.79 Å². The molecule has 7 rings (SSSR count). The molecular formula is C44H43ClO8. The molecule has 0 N–H and O–H groups in total. The second-order valence-corrected chi connectivity index (χ2v) is 13.6. The molecule has 2 saturated heterocycles. The molecule has 9 heteroatoms. The lowest BCUT2D eigenvalue weighted by atomic mass is 9.82. The van der Waals surface area contributed by atoms with Crippen LogP contribution in [0.25, 0.3) is 0 Å². The minimum atomic E-state index is -1.69. The molecular weight excluding hydrogens is 692 g/mol.